The molecule has 1 aliphatic rings. The summed E-state index contributed by atoms with van der Waals surface area (Å²) < 4.78 is 28.2. The molecule has 0 spiro atoms. The second-order valence-electron chi connectivity index (χ2n) is 6.18. The highest BCUT2D eigenvalue weighted by atomic mass is 32.2. The van der Waals surface area contributed by atoms with Crippen LogP contribution in [0, 0.1) is 12.8 Å². The van der Waals surface area contributed by atoms with E-state index in [1.54, 1.807) is 12.1 Å². The maximum atomic E-state index is 12.6. The van der Waals surface area contributed by atoms with Crippen LogP contribution in [0.25, 0.3) is 0 Å². The molecule has 2 unspecified atom stereocenters. The van der Waals surface area contributed by atoms with E-state index in [2.05, 4.69) is 11.6 Å². The van der Waals surface area contributed by atoms with Crippen molar-refractivity contribution in [3.63, 3.8) is 0 Å². The standard InChI is InChI=1S/C16H26N2O2S/c1-12-5-3-7-15(10-9-12)18-21(19,20)16-8-4-6-14(11-17)13(16)2/h4,6,8,12,15,18H,3,5,7,9-11,17H2,1-2H3. The summed E-state index contributed by atoms with van der Waals surface area (Å²) in [6.45, 7) is 4.42. The predicted octanol–water partition coefficient (Wildman–Crippen LogP) is 2.70. The Morgan fingerprint density at radius 1 is 1.24 bits per heavy atom. The zero-order valence-corrected chi connectivity index (χ0v) is 13.7. The van der Waals surface area contributed by atoms with Gasteiger partial charge in [-0.05, 0) is 49.3 Å². The number of nitrogens with one attached hydrogen (secondary N) is 1. The van der Waals surface area contributed by atoms with Gasteiger partial charge in [-0.1, -0.05) is 31.9 Å². The highest BCUT2D eigenvalue weighted by Gasteiger charge is 2.24. The summed E-state index contributed by atoms with van der Waals surface area (Å²) in [4.78, 5) is 0.364. The molecule has 2 atom stereocenters. The maximum absolute atomic E-state index is 12.6. The molecular weight excluding hydrogens is 284 g/mol. The van der Waals surface area contributed by atoms with Crippen molar-refractivity contribution >= 4 is 10.0 Å². The highest BCUT2D eigenvalue weighted by Crippen LogP contribution is 2.25. The van der Waals surface area contributed by atoms with Crippen molar-refractivity contribution in [2.75, 3.05) is 0 Å². The van der Waals surface area contributed by atoms with Crippen LogP contribution in [0.1, 0.15) is 50.2 Å². The summed E-state index contributed by atoms with van der Waals surface area (Å²) in [5.74, 6) is 0.696. The average Bonchev–Trinajstić information content (AvgIpc) is 2.63. The normalized spacial score (nSPS) is 23.8. The molecule has 0 amide bonds. The third kappa shape index (κ3) is 4.05. The van der Waals surface area contributed by atoms with Gasteiger partial charge >= 0.3 is 0 Å². The first-order chi connectivity index (χ1) is 9.94. The van der Waals surface area contributed by atoms with Gasteiger partial charge in [-0.25, -0.2) is 13.1 Å². The first-order valence-electron chi connectivity index (χ1n) is 7.75. The van der Waals surface area contributed by atoms with E-state index in [9.17, 15) is 8.42 Å². The molecule has 21 heavy (non-hydrogen) atoms. The van der Waals surface area contributed by atoms with E-state index >= 15 is 0 Å². The molecule has 1 aromatic carbocycles. The fraction of sp³-hybridized carbons (Fsp3) is 0.625. The maximum Gasteiger partial charge on any atom is 0.241 e. The van der Waals surface area contributed by atoms with Crippen LogP contribution in [0.3, 0.4) is 0 Å². The van der Waals surface area contributed by atoms with Gasteiger partial charge < -0.3 is 5.73 Å². The van der Waals surface area contributed by atoms with Crippen LogP contribution < -0.4 is 10.5 Å². The third-order valence-corrected chi connectivity index (χ3v) is 6.15. The number of hydrogen-bond donors (Lipinski definition) is 2. The molecule has 0 aliphatic heterocycles. The molecule has 3 N–H and O–H groups in total. The molecule has 0 heterocycles. The van der Waals surface area contributed by atoms with Gasteiger partial charge in [0, 0.05) is 12.6 Å². The van der Waals surface area contributed by atoms with Crippen LogP contribution in [0.2, 0.25) is 0 Å². The molecule has 4 nitrogen and oxygen atoms in total. The molecule has 1 saturated carbocycles. The van der Waals surface area contributed by atoms with E-state index in [4.69, 9.17) is 5.73 Å². The zero-order valence-electron chi connectivity index (χ0n) is 12.9. The molecule has 5 heteroatoms. The zero-order chi connectivity index (χ0) is 15.5. The van der Waals surface area contributed by atoms with E-state index in [-0.39, 0.29) is 6.04 Å². The minimum absolute atomic E-state index is 0.0564. The van der Waals surface area contributed by atoms with Crippen LogP contribution in [0.5, 0.6) is 0 Å². The van der Waals surface area contributed by atoms with E-state index in [1.165, 1.54) is 6.42 Å². The number of rotatable bonds is 4. The van der Waals surface area contributed by atoms with Crippen LogP contribution in [0.4, 0.5) is 0 Å². The quantitative estimate of drug-likeness (QED) is 0.840. The topological polar surface area (TPSA) is 72.2 Å². The highest BCUT2D eigenvalue weighted by molar-refractivity contribution is 7.89. The summed E-state index contributed by atoms with van der Waals surface area (Å²) in [7, 11) is -3.46. The van der Waals surface area contributed by atoms with Crippen molar-refractivity contribution in [1.82, 2.24) is 4.72 Å². The summed E-state index contributed by atoms with van der Waals surface area (Å²) in [6, 6.07) is 5.36. The van der Waals surface area contributed by atoms with Gasteiger partial charge in [-0.3, -0.25) is 0 Å². The Morgan fingerprint density at radius 2 is 2.00 bits per heavy atom. The summed E-state index contributed by atoms with van der Waals surface area (Å²) in [6.07, 6.45) is 5.24. The van der Waals surface area contributed by atoms with Crippen molar-refractivity contribution in [3.05, 3.63) is 29.3 Å². The summed E-state index contributed by atoms with van der Waals surface area (Å²) in [5.41, 5.74) is 7.31. The van der Waals surface area contributed by atoms with Crippen molar-refractivity contribution in [2.45, 2.75) is 63.4 Å². The monoisotopic (exact) mass is 310 g/mol. The van der Waals surface area contributed by atoms with Crippen molar-refractivity contribution in [2.24, 2.45) is 11.7 Å². The predicted molar refractivity (Wildman–Crippen MR) is 85.4 cm³/mol. The van der Waals surface area contributed by atoms with Crippen molar-refractivity contribution < 1.29 is 8.42 Å². The Hall–Kier alpha value is -0.910. The minimum atomic E-state index is -3.46. The molecule has 0 aromatic heterocycles. The van der Waals surface area contributed by atoms with E-state index in [1.807, 2.05) is 13.0 Å². The molecule has 1 aromatic rings. The summed E-state index contributed by atoms with van der Waals surface area (Å²) in [5, 5.41) is 0. The largest absolute Gasteiger partial charge is 0.326 e. The molecule has 1 fully saturated rings. The van der Waals surface area contributed by atoms with Gasteiger partial charge in [0.1, 0.15) is 0 Å². The van der Waals surface area contributed by atoms with Crippen molar-refractivity contribution in [3.8, 4) is 0 Å². The average molecular weight is 310 g/mol. The Bertz CT molecular complexity index is 584. The van der Waals surface area contributed by atoms with Crippen LogP contribution in [-0.4, -0.2) is 14.5 Å². The Balaban J connectivity index is 2.18. The van der Waals surface area contributed by atoms with Gasteiger partial charge in [0.15, 0.2) is 0 Å². The Kier molecular flexibility index (Phi) is 5.41. The lowest BCUT2D eigenvalue weighted by molar-refractivity contribution is 0.484. The lowest BCUT2D eigenvalue weighted by atomic mass is 10.0. The molecule has 118 valence electrons. The second kappa shape index (κ2) is 6.90. The third-order valence-electron chi connectivity index (χ3n) is 4.48. The van der Waals surface area contributed by atoms with Crippen LogP contribution >= 0.6 is 0 Å². The molecule has 0 radical (unpaired) electrons. The lowest BCUT2D eigenvalue weighted by Gasteiger charge is -2.18. The van der Waals surface area contributed by atoms with Crippen molar-refractivity contribution in [1.29, 1.82) is 0 Å². The summed E-state index contributed by atoms with van der Waals surface area (Å²) >= 11 is 0. The molecule has 0 bridgehead atoms. The first kappa shape index (κ1) is 16.5. The Labute approximate surface area is 128 Å². The number of nitrogens with two attached hydrogens (primary N) is 1. The van der Waals surface area contributed by atoms with E-state index < -0.39 is 10.0 Å². The Morgan fingerprint density at radius 3 is 2.71 bits per heavy atom. The lowest BCUT2D eigenvalue weighted by Crippen LogP contribution is -2.35. The van der Waals surface area contributed by atoms with Crippen LogP contribution in [-0.2, 0) is 16.6 Å². The number of sulfonamides is 1. The number of benzene rings is 1. The van der Waals surface area contributed by atoms with E-state index in [0.29, 0.717) is 17.4 Å². The van der Waals surface area contributed by atoms with Gasteiger partial charge in [-0.2, -0.15) is 0 Å². The first-order valence-corrected chi connectivity index (χ1v) is 9.23. The number of hydrogen-bond acceptors (Lipinski definition) is 3. The molecule has 2 rings (SSSR count). The van der Waals surface area contributed by atoms with Gasteiger partial charge in [0.05, 0.1) is 4.90 Å². The van der Waals surface area contributed by atoms with Gasteiger partial charge in [-0.15, -0.1) is 0 Å². The SMILES string of the molecule is Cc1c(CN)cccc1S(=O)(=O)NC1CCCC(C)CC1. The molecule has 1 aliphatic carbocycles. The van der Waals surface area contributed by atoms with Gasteiger partial charge in [0.2, 0.25) is 10.0 Å². The minimum Gasteiger partial charge on any atom is -0.326 e. The fourth-order valence-corrected chi connectivity index (χ4v) is 4.65. The second-order valence-corrected chi connectivity index (χ2v) is 7.86. The fourth-order valence-electron chi connectivity index (χ4n) is 3.06. The molecular formula is C16H26N2O2S. The van der Waals surface area contributed by atoms with Gasteiger partial charge in [0.25, 0.3) is 0 Å². The van der Waals surface area contributed by atoms with Crippen LogP contribution in [0.15, 0.2) is 23.1 Å². The van der Waals surface area contributed by atoms with E-state index in [0.717, 1.165) is 36.8 Å². The molecule has 0 saturated heterocycles. The smallest absolute Gasteiger partial charge is 0.241 e.